The highest BCUT2D eigenvalue weighted by Crippen LogP contribution is 2.16. The SMILES string of the molecule is CC(=O)O.CC(=O)O.CCCOC(=O)c1ccccc1O. The summed E-state index contributed by atoms with van der Waals surface area (Å²) in [4.78, 5) is 29.2. The van der Waals surface area contributed by atoms with E-state index in [0.717, 1.165) is 20.3 Å². The smallest absolute Gasteiger partial charge is 0.341 e. The lowest BCUT2D eigenvalue weighted by molar-refractivity contribution is -0.135. The van der Waals surface area contributed by atoms with E-state index in [-0.39, 0.29) is 11.3 Å². The molecule has 0 aromatic heterocycles. The molecule has 1 rings (SSSR count). The highest BCUT2D eigenvalue weighted by Gasteiger charge is 2.10. The van der Waals surface area contributed by atoms with Gasteiger partial charge in [-0.05, 0) is 18.6 Å². The molecular weight excluding hydrogens is 280 g/mol. The van der Waals surface area contributed by atoms with Crippen molar-refractivity contribution in [3.05, 3.63) is 29.8 Å². The molecule has 0 atom stereocenters. The van der Waals surface area contributed by atoms with Gasteiger partial charge < -0.3 is 20.1 Å². The van der Waals surface area contributed by atoms with Gasteiger partial charge in [0.05, 0.1) is 6.61 Å². The first-order chi connectivity index (χ1) is 9.72. The van der Waals surface area contributed by atoms with E-state index in [0.29, 0.717) is 6.61 Å². The lowest BCUT2D eigenvalue weighted by Gasteiger charge is -2.03. The van der Waals surface area contributed by atoms with Crippen LogP contribution in [0.3, 0.4) is 0 Å². The first-order valence-electron chi connectivity index (χ1n) is 6.06. The highest BCUT2D eigenvalue weighted by molar-refractivity contribution is 5.92. The number of phenols is 1. The Morgan fingerprint density at radius 1 is 1.05 bits per heavy atom. The van der Waals surface area contributed by atoms with Gasteiger partial charge in [-0.3, -0.25) is 9.59 Å². The van der Waals surface area contributed by atoms with E-state index in [9.17, 15) is 9.90 Å². The molecule has 0 spiro atoms. The van der Waals surface area contributed by atoms with Gasteiger partial charge in [0.25, 0.3) is 11.9 Å². The van der Waals surface area contributed by atoms with Crippen LogP contribution < -0.4 is 0 Å². The normalized spacial score (nSPS) is 8.33. The zero-order valence-corrected chi connectivity index (χ0v) is 12.2. The average molecular weight is 300 g/mol. The molecule has 0 saturated heterocycles. The number of rotatable bonds is 3. The van der Waals surface area contributed by atoms with Gasteiger partial charge in [0, 0.05) is 13.8 Å². The summed E-state index contributed by atoms with van der Waals surface area (Å²) in [6.45, 7) is 4.46. The molecule has 0 fully saturated rings. The van der Waals surface area contributed by atoms with Gasteiger partial charge in [0.2, 0.25) is 0 Å². The number of esters is 1. The summed E-state index contributed by atoms with van der Waals surface area (Å²) in [5, 5.41) is 24.1. The molecule has 7 nitrogen and oxygen atoms in total. The Bertz CT molecular complexity index is 434. The van der Waals surface area contributed by atoms with Crippen LogP contribution in [0.25, 0.3) is 0 Å². The number of ether oxygens (including phenoxy) is 1. The molecule has 1 aromatic rings. The van der Waals surface area contributed by atoms with Gasteiger partial charge in [-0.1, -0.05) is 19.1 Å². The minimum absolute atomic E-state index is 0.0383. The van der Waals surface area contributed by atoms with Crippen molar-refractivity contribution in [3.63, 3.8) is 0 Å². The number of aliphatic carboxylic acids is 2. The van der Waals surface area contributed by atoms with Gasteiger partial charge in [-0.2, -0.15) is 0 Å². The van der Waals surface area contributed by atoms with Crippen molar-refractivity contribution in [2.24, 2.45) is 0 Å². The van der Waals surface area contributed by atoms with Gasteiger partial charge in [-0.15, -0.1) is 0 Å². The van der Waals surface area contributed by atoms with Crippen molar-refractivity contribution in [1.29, 1.82) is 0 Å². The van der Waals surface area contributed by atoms with Crippen molar-refractivity contribution in [2.45, 2.75) is 27.2 Å². The van der Waals surface area contributed by atoms with Crippen LogP contribution >= 0.6 is 0 Å². The molecule has 21 heavy (non-hydrogen) atoms. The van der Waals surface area contributed by atoms with E-state index in [4.69, 9.17) is 24.5 Å². The fourth-order valence-electron chi connectivity index (χ4n) is 0.919. The Kier molecular flexibility index (Phi) is 12.3. The van der Waals surface area contributed by atoms with Gasteiger partial charge in [-0.25, -0.2) is 4.79 Å². The third kappa shape index (κ3) is 15.4. The summed E-state index contributed by atoms with van der Waals surface area (Å²) in [6.07, 6.45) is 0.777. The van der Waals surface area contributed by atoms with Gasteiger partial charge in [0.15, 0.2) is 0 Å². The molecule has 3 N–H and O–H groups in total. The standard InChI is InChI=1S/C10H12O3.2C2H4O2/c1-2-7-13-10(12)8-5-3-4-6-9(8)11;2*1-2(3)4/h3-6,11H,2,7H2,1H3;2*1H3,(H,3,4). The van der Waals surface area contributed by atoms with E-state index < -0.39 is 17.9 Å². The number of para-hydroxylation sites is 1. The van der Waals surface area contributed by atoms with Crippen LogP contribution in [0.15, 0.2) is 24.3 Å². The van der Waals surface area contributed by atoms with E-state index in [2.05, 4.69) is 0 Å². The van der Waals surface area contributed by atoms with Crippen molar-refractivity contribution in [2.75, 3.05) is 6.61 Å². The van der Waals surface area contributed by atoms with Crippen molar-refractivity contribution >= 4 is 17.9 Å². The predicted molar refractivity (Wildman–Crippen MR) is 75.3 cm³/mol. The summed E-state index contributed by atoms with van der Waals surface area (Å²) in [5.41, 5.74) is 0.218. The summed E-state index contributed by atoms with van der Waals surface area (Å²) in [7, 11) is 0. The monoisotopic (exact) mass is 300 g/mol. The molecule has 0 unspecified atom stereocenters. The second kappa shape index (κ2) is 12.5. The van der Waals surface area contributed by atoms with E-state index in [1.165, 1.54) is 12.1 Å². The molecular formula is C14H20O7. The Morgan fingerprint density at radius 3 is 1.86 bits per heavy atom. The Balaban J connectivity index is 0. The van der Waals surface area contributed by atoms with E-state index in [1.54, 1.807) is 12.1 Å². The average Bonchev–Trinajstić information content (AvgIpc) is 2.35. The zero-order valence-electron chi connectivity index (χ0n) is 12.2. The number of carboxylic acid groups (broad SMARTS) is 2. The topological polar surface area (TPSA) is 121 Å². The quantitative estimate of drug-likeness (QED) is 0.731. The third-order valence-corrected chi connectivity index (χ3v) is 1.56. The van der Waals surface area contributed by atoms with Crippen molar-refractivity contribution in [1.82, 2.24) is 0 Å². The van der Waals surface area contributed by atoms with Gasteiger partial charge in [0.1, 0.15) is 11.3 Å². The predicted octanol–water partition coefficient (Wildman–Crippen LogP) is 2.14. The maximum Gasteiger partial charge on any atom is 0.341 e. The molecule has 7 heteroatoms. The fourth-order valence-corrected chi connectivity index (χ4v) is 0.919. The summed E-state index contributed by atoms with van der Waals surface area (Å²) in [5.74, 6) is -2.18. The number of aromatic hydroxyl groups is 1. The number of hydrogen-bond acceptors (Lipinski definition) is 5. The number of benzene rings is 1. The summed E-state index contributed by atoms with van der Waals surface area (Å²) >= 11 is 0. The first-order valence-corrected chi connectivity index (χ1v) is 6.06. The minimum atomic E-state index is -0.833. The maximum absolute atomic E-state index is 11.2. The van der Waals surface area contributed by atoms with Crippen LogP contribution in [-0.4, -0.2) is 39.8 Å². The molecule has 118 valence electrons. The molecule has 0 aliphatic carbocycles. The van der Waals surface area contributed by atoms with E-state index in [1.807, 2.05) is 6.92 Å². The van der Waals surface area contributed by atoms with Crippen LogP contribution in [-0.2, 0) is 14.3 Å². The number of hydrogen-bond donors (Lipinski definition) is 3. The lowest BCUT2D eigenvalue weighted by Crippen LogP contribution is -2.05. The van der Waals surface area contributed by atoms with Gasteiger partial charge >= 0.3 is 5.97 Å². The van der Waals surface area contributed by atoms with Crippen LogP contribution in [0, 0.1) is 0 Å². The molecule has 1 aromatic carbocycles. The van der Waals surface area contributed by atoms with Crippen LogP contribution in [0.4, 0.5) is 0 Å². The third-order valence-electron chi connectivity index (χ3n) is 1.56. The number of carbonyl (C=O) groups is 3. The Morgan fingerprint density at radius 2 is 1.48 bits per heavy atom. The minimum Gasteiger partial charge on any atom is -0.507 e. The molecule has 0 bridgehead atoms. The van der Waals surface area contributed by atoms with Crippen molar-refractivity contribution in [3.8, 4) is 5.75 Å². The molecule has 0 aliphatic rings. The van der Waals surface area contributed by atoms with Crippen LogP contribution in [0.2, 0.25) is 0 Å². The van der Waals surface area contributed by atoms with Crippen LogP contribution in [0.5, 0.6) is 5.75 Å². The lowest BCUT2D eigenvalue weighted by atomic mass is 10.2. The second-order valence-electron chi connectivity index (χ2n) is 3.69. The number of carbonyl (C=O) groups excluding carboxylic acids is 1. The fraction of sp³-hybridized carbons (Fsp3) is 0.357. The molecule has 0 amide bonds. The molecule has 0 aliphatic heterocycles. The molecule has 0 heterocycles. The summed E-state index contributed by atoms with van der Waals surface area (Å²) in [6, 6.07) is 6.34. The van der Waals surface area contributed by atoms with E-state index >= 15 is 0 Å². The zero-order chi connectivity index (χ0) is 16.8. The molecule has 0 radical (unpaired) electrons. The van der Waals surface area contributed by atoms with Crippen molar-refractivity contribution < 1.29 is 34.4 Å². The largest absolute Gasteiger partial charge is 0.507 e. The molecule has 0 saturated carbocycles. The maximum atomic E-state index is 11.2. The Hall–Kier alpha value is -2.57. The first kappa shape index (κ1) is 20.7. The Labute approximate surface area is 122 Å². The summed E-state index contributed by atoms with van der Waals surface area (Å²) < 4.78 is 4.86. The number of carboxylic acids is 2. The second-order valence-corrected chi connectivity index (χ2v) is 3.69. The van der Waals surface area contributed by atoms with Crippen LogP contribution in [0.1, 0.15) is 37.6 Å². The number of phenolic OH excluding ortho intramolecular Hbond substituents is 1. The highest BCUT2D eigenvalue weighted by atomic mass is 16.5.